The van der Waals surface area contributed by atoms with Gasteiger partial charge in [0.1, 0.15) is 0 Å². The summed E-state index contributed by atoms with van der Waals surface area (Å²) >= 11 is 11.9. The van der Waals surface area contributed by atoms with Crippen molar-refractivity contribution in [3.8, 4) is 0 Å². The number of benzene rings is 2. The predicted molar refractivity (Wildman–Crippen MR) is 88.4 cm³/mol. The van der Waals surface area contributed by atoms with E-state index in [0.29, 0.717) is 22.3 Å². The zero-order valence-corrected chi connectivity index (χ0v) is 13.1. The molecular weight excluding hydrogens is 307 g/mol. The molecular formula is C16H16Cl2N2O. The molecule has 2 aromatic rings. The van der Waals surface area contributed by atoms with Crippen LogP contribution in [0.2, 0.25) is 10.0 Å². The van der Waals surface area contributed by atoms with Crippen LogP contribution in [0, 0.1) is 6.92 Å². The number of halogens is 2. The largest absolute Gasteiger partial charge is 0.338 e. The van der Waals surface area contributed by atoms with Gasteiger partial charge in [-0.05, 0) is 31.0 Å². The first-order chi connectivity index (χ1) is 10.1. The Labute approximate surface area is 134 Å². The van der Waals surface area contributed by atoms with E-state index in [4.69, 9.17) is 23.2 Å². The monoisotopic (exact) mass is 322 g/mol. The molecule has 3 nitrogen and oxygen atoms in total. The molecule has 0 saturated heterocycles. The van der Waals surface area contributed by atoms with Gasteiger partial charge in [0.15, 0.2) is 0 Å². The molecule has 0 heterocycles. The summed E-state index contributed by atoms with van der Waals surface area (Å²) in [4.78, 5) is 11.8. The summed E-state index contributed by atoms with van der Waals surface area (Å²) in [5.41, 5.74) is 2.90. The summed E-state index contributed by atoms with van der Waals surface area (Å²) in [6.07, 6.45) is 0.775. The van der Waals surface area contributed by atoms with Gasteiger partial charge in [-0.15, -0.1) is 0 Å². The van der Waals surface area contributed by atoms with Gasteiger partial charge in [-0.3, -0.25) is 0 Å². The lowest BCUT2D eigenvalue weighted by molar-refractivity contribution is 0.252. The molecule has 2 N–H and O–H groups in total. The van der Waals surface area contributed by atoms with E-state index in [0.717, 1.165) is 6.42 Å². The summed E-state index contributed by atoms with van der Waals surface area (Å²) in [6.45, 7) is 2.59. The Morgan fingerprint density at radius 1 is 1.10 bits per heavy atom. The zero-order chi connectivity index (χ0) is 15.2. The minimum absolute atomic E-state index is 0.300. The SMILES string of the molecule is Cc1ccc(CCNC(=O)Nc2cccc(Cl)c2Cl)cc1. The standard InChI is InChI=1S/C16H16Cl2N2O/c1-11-5-7-12(8-6-11)9-10-19-16(21)20-14-4-2-3-13(17)15(14)18/h2-8H,9-10H2,1H3,(H2,19,20,21). The number of rotatable bonds is 4. The number of hydrogen-bond acceptors (Lipinski definition) is 1. The lowest BCUT2D eigenvalue weighted by Gasteiger charge is -2.09. The van der Waals surface area contributed by atoms with Crippen molar-refractivity contribution in [2.45, 2.75) is 13.3 Å². The highest BCUT2D eigenvalue weighted by molar-refractivity contribution is 6.43. The van der Waals surface area contributed by atoms with E-state index in [1.54, 1.807) is 18.2 Å². The lowest BCUT2D eigenvalue weighted by atomic mass is 10.1. The maximum Gasteiger partial charge on any atom is 0.319 e. The van der Waals surface area contributed by atoms with Crippen LogP contribution in [0.15, 0.2) is 42.5 Å². The number of carbonyl (C=O) groups is 1. The van der Waals surface area contributed by atoms with E-state index in [1.807, 2.05) is 6.92 Å². The first kappa shape index (κ1) is 15.7. The van der Waals surface area contributed by atoms with Crippen molar-refractivity contribution in [3.05, 3.63) is 63.6 Å². The van der Waals surface area contributed by atoms with Gasteiger partial charge in [-0.1, -0.05) is 59.1 Å². The first-order valence-corrected chi connectivity index (χ1v) is 7.36. The molecule has 0 bridgehead atoms. The Balaban J connectivity index is 1.82. The third-order valence-corrected chi connectivity index (χ3v) is 3.84. The number of urea groups is 1. The van der Waals surface area contributed by atoms with Crippen molar-refractivity contribution >= 4 is 34.9 Å². The zero-order valence-electron chi connectivity index (χ0n) is 11.6. The molecule has 2 aromatic carbocycles. The Morgan fingerprint density at radius 3 is 2.52 bits per heavy atom. The smallest absolute Gasteiger partial charge is 0.319 e. The van der Waals surface area contributed by atoms with Crippen molar-refractivity contribution in [3.63, 3.8) is 0 Å². The number of anilines is 1. The molecule has 0 saturated carbocycles. The fourth-order valence-electron chi connectivity index (χ4n) is 1.84. The number of amides is 2. The molecule has 0 aliphatic heterocycles. The van der Waals surface area contributed by atoms with Crippen LogP contribution in [0.4, 0.5) is 10.5 Å². The molecule has 2 rings (SSSR count). The molecule has 0 aliphatic carbocycles. The van der Waals surface area contributed by atoms with Crippen LogP contribution in [-0.4, -0.2) is 12.6 Å². The van der Waals surface area contributed by atoms with Crippen molar-refractivity contribution in [2.75, 3.05) is 11.9 Å². The van der Waals surface area contributed by atoms with Gasteiger partial charge in [0.2, 0.25) is 0 Å². The van der Waals surface area contributed by atoms with Crippen LogP contribution in [0.25, 0.3) is 0 Å². The van der Waals surface area contributed by atoms with Crippen LogP contribution in [0.5, 0.6) is 0 Å². The summed E-state index contributed by atoms with van der Waals surface area (Å²) in [7, 11) is 0. The van der Waals surface area contributed by atoms with Crippen molar-refractivity contribution in [1.82, 2.24) is 5.32 Å². The molecule has 0 fully saturated rings. The number of carbonyl (C=O) groups excluding carboxylic acids is 1. The van der Waals surface area contributed by atoms with E-state index < -0.39 is 0 Å². The van der Waals surface area contributed by atoms with Crippen LogP contribution >= 0.6 is 23.2 Å². The summed E-state index contributed by atoms with van der Waals surface area (Å²) < 4.78 is 0. The minimum Gasteiger partial charge on any atom is -0.338 e. The van der Waals surface area contributed by atoms with E-state index in [9.17, 15) is 4.79 Å². The van der Waals surface area contributed by atoms with Gasteiger partial charge in [0, 0.05) is 6.54 Å². The van der Waals surface area contributed by atoms with Crippen molar-refractivity contribution in [2.24, 2.45) is 0 Å². The Morgan fingerprint density at radius 2 is 1.81 bits per heavy atom. The van der Waals surface area contributed by atoms with Crippen LogP contribution in [-0.2, 0) is 6.42 Å². The maximum atomic E-state index is 11.8. The second-order valence-corrected chi connectivity index (χ2v) is 5.50. The van der Waals surface area contributed by atoms with E-state index in [-0.39, 0.29) is 6.03 Å². The molecule has 5 heteroatoms. The van der Waals surface area contributed by atoms with Crippen LogP contribution < -0.4 is 10.6 Å². The quantitative estimate of drug-likeness (QED) is 0.844. The van der Waals surface area contributed by atoms with E-state index >= 15 is 0 Å². The van der Waals surface area contributed by atoms with Crippen LogP contribution in [0.3, 0.4) is 0 Å². The molecule has 21 heavy (non-hydrogen) atoms. The predicted octanol–water partition coefficient (Wildman–Crippen LogP) is 4.67. The van der Waals surface area contributed by atoms with Gasteiger partial charge in [0.05, 0.1) is 15.7 Å². The topological polar surface area (TPSA) is 41.1 Å². The molecule has 0 atom stereocenters. The highest BCUT2D eigenvalue weighted by Crippen LogP contribution is 2.29. The van der Waals surface area contributed by atoms with Crippen molar-refractivity contribution in [1.29, 1.82) is 0 Å². The molecule has 2 amide bonds. The molecule has 0 aromatic heterocycles. The molecule has 0 radical (unpaired) electrons. The molecule has 0 aliphatic rings. The highest BCUT2D eigenvalue weighted by atomic mass is 35.5. The highest BCUT2D eigenvalue weighted by Gasteiger charge is 2.07. The van der Waals surface area contributed by atoms with Gasteiger partial charge >= 0.3 is 6.03 Å². The average Bonchev–Trinajstić information content (AvgIpc) is 2.46. The molecule has 110 valence electrons. The molecule has 0 spiro atoms. The second-order valence-electron chi connectivity index (χ2n) is 4.72. The van der Waals surface area contributed by atoms with Gasteiger partial charge in [0.25, 0.3) is 0 Å². The van der Waals surface area contributed by atoms with Gasteiger partial charge in [-0.2, -0.15) is 0 Å². The van der Waals surface area contributed by atoms with E-state index in [1.165, 1.54) is 11.1 Å². The summed E-state index contributed by atoms with van der Waals surface area (Å²) in [5.74, 6) is 0. The van der Waals surface area contributed by atoms with Gasteiger partial charge in [-0.25, -0.2) is 4.79 Å². The number of aryl methyl sites for hydroxylation is 1. The van der Waals surface area contributed by atoms with Crippen LogP contribution in [0.1, 0.15) is 11.1 Å². The first-order valence-electron chi connectivity index (χ1n) is 6.60. The average molecular weight is 323 g/mol. The second kappa shape index (κ2) is 7.34. The fourth-order valence-corrected chi connectivity index (χ4v) is 2.19. The normalized spacial score (nSPS) is 10.2. The lowest BCUT2D eigenvalue weighted by Crippen LogP contribution is -2.30. The Kier molecular flexibility index (Phi) is 5.48. The van der Waals surface area contributed by atoms with Crippen molar-refractivity contribution < 1.29 is 4.79 Å². The third kappa shape index (κ3) is 4.66. The number of nitrogens with one attached hydrogen (secondary N) is 2. The third-order valence-electron chi connectivity index (χ3n) is 3.02. The summed E-state index contributed by atoms with van der Waals surface area (Å²) in [5, 5.41) is 6.22. The number of hydrogen-bond donors (Lipinski definition) is 2. The Hall–Kier alpha value is -1.71. The maximum absolute atomic E-state index is 11.8. The summed E-state index contributed by atoms with van der Waals surface area (Å²) in [6, 6.07) is 13.0. The molecule has 0 unspecified atom stereocenters. The van der Waals surface area contributed by atoms with Gasteiger partial charge < -0.3 is 10.6 Å². The Bertz CT molecular complexity index is 627. The van der Waals surface area contributed by atoms with E-state index in [2.05, 4.69) is 34.9 Å². The fraction of sp³-hybridized carbons (Fsp3) is 0.188. The minimum atomic E-state index is -0.300.